The first kappa shape index (κ1) is 8.17. The molecule has 0 radical (unpaired) electrons. The highest BCUT2D eigenvalue weighted by Crippen LogP contribution is 2.06. The molecule has 0 amide bonds. The van der Waals surface area contributed by atoms with Crippen LogP contribution in [0.25, 0.3) is 0 Å². The molecule has 1 rings (SSSR count). The third-order valence-corrected chi connectivity index (χ3v) is 1.47. The standard InChI is InChI=1S/C8H12N2O/c1-8(9)3-2-7(6-11)10-5-4-8/h2-5,11H,6,9H2,1H3. The van der Waals surface area contributed by atoms with Crippen LogP contribution in [0.4, 0.5) is 0 Å². The zero-order valence-electron chi connectivity index (χ0n) is 6.49. The average Bonchev–Trinajstić information content (AvgIpc) is 2.10. The van der Waals surface area contributed by atoms with Gasteiger partial charge in [0.15, 0.2) is 0 Å². The predicted molar refractivity (Wildman–Crippen MR) is 45.4 cm³/mol. The van der Waals surface area contributed by atoms with Crippen LogP contribution >= 0.6 is 0 Å². The van der Waals surface area contributed by atoms with Crippen LogP contribution in [0.2, 0.25) is 0 Å². The minimum absolute atomic E-state index is 0.0447. The number of rotatable bonds is 1. The van der Waals surface area contributed by atoms with E-state index in [-0.39, 0.29) is 6.61 Å². The van der Waals surface area contributed by atoms with E-state index in [2.05, 4.69) is 4.99 Å². The van der Waals surface area contributed by atoms with Crippen molar-refractivity contribution in [3.8, 4) is 0 Å². The third-order valence-electron chi connectivity index (χ3n) is 1.47. The van der Waals surface area contributed by atoms with Crippen molar-refractivity contribution < 1.29 is 5.11 Å². The molecule has 0 saturated carbocycles. The van der Waals surface area contributed by atoms with Crippen LogP contribution in [0.5, 0.6) is 0 Å². The van der Waals surface area contributed by atoms with E-state index in [4.69, 9.17) is 10.8 Å². The molecule has 0 aromatic carbocycles. The molecule has 60 valence electrons. The lowest BCUT2D eigenvalue weighted by atomic mass is 10.0. The smallest absolute Gasteiger partial charge is 0.0852 e. The molecule has 0 bridgehead atoms. The lowest BCUT2D eigenvalue weighted by molar-refractivity contribution is 0.358. The summed E-state index contributed by atoms with van der Waals surface area (Å²) in [7, 11) is 0. The van der Waals surface area contributed by atoms with Gasteiger partial charge in [0.05, 0.1) is 17.9 Å². The van der Waals surface area contributed by atoms with Crippen molar-refractivity contribution in [2.75, 3.05) is 6.61 Å². The lowest BCUT2D eigenvalue weighted by Crippen LogP contribution is -2.30. The third kappa shape index (κ3) is 2.29. The summed E-state index contributed by atoms with van der Waals surface area (Å²) in [6.45, 7) is 1.83. The van der Waals surface area contributed by atoms with Crippen LogP contribution in [0.3, 0.4) is 0 Å². The van der Waals surface area contributed by atoms with Crippen LogP contribution in [-0.4, -0.2) is 23.0 Å². The summed E-state index contributed by atoms with van der Waals surface area (Å²) >= 11 is 0. The number of nitrogens with two attached hydrogens (primary N) is 1. The summed E-state index contributed by atoms with van der Waals surface area (Å²) < 4.78 is 0. The molecule has 0 aromatic heterocycles. The van der Waals surface area contributed by atoms with Crippen LogP contribution in [0.15, 0.2) is 29.4 Å². The molecule has 1 unspecified atom stereocenters. The second kappa shape index (κ2) is 2.98. The molecule has 1 atom stereocenters. The molecule has 1 aliphatic rings. The topological polar surface area (TPSA) is 58.6 Å². The maximum absolute atomic E-state index is 8.73. The fraction of sp³-hybridized carbons (Fsp3) is 0.375. The van der Waals surface area contributed by atoms with E-state index >= 15 is 0 Å². The van der Waals surface area contributed by atoms with Gasteiger partial charge in [0.1, 0.15) is 0 Å². The minimum Gasteiger partial charge on any atom is -0.390 e. The number of aliphatic hydroxyl groups excluding tert-OH is 1. The Hall–Kier alpha value is -0.930. The Labute approximate surface area is 65.9 Å². The van der Waals surface area contributed by atoms with Gasteiger partial charge in [-0.2, -0.15) is 0 Å². The van der Waals surface area contributed by atoms with E-state index in [0.717, 1.165) is 0 Å². The van der Waals surface area contributed by atoms with Crippen molar-refractivity contribution in [3.63, 3.8) is 0 Å². The van der Waals surface area contributed by atoms with Gasteiger partial charge in [-0.25, -0.2) is 0 Å². The molecular formula is C8H12N2O. The van der Waals surface area contributed by atoms with Gasteiger partial charge >= 0.3 is 0 Å². The van der Waals surface area contributed by atoms with Crippen molar-refractivity contribution >= 4 is 5.71 Å². The first-order valence-corrected chi connectivity index (χ1v) is 3.47. The Balaban J connectivity index is 2.83. The van der Waals surface area contributed by atoms with Gasteiger partial charge in [-0.15, -0.1) is 0 Å². The summed E-state index contributed by atoms with van der Waals surface area (Å²) in [4.78, 5) is 3.96. The molecule has 1 heterocycles. The highest BCUT2D eigenvalue weighted by molar-refractivity contribution is 5.96. The first-order valence-electron chi connectivity index (χ1n) is 3.47. The van der Waals surface area contributed by atoms with Gasteiger partial charge in [0, 0.05) is 6.20 Å². The minimum atomic E-state index is -0.444. The normalized spacial score (nSPS) is 29.9. The summed E-state index contributed by atoms with van der Waals surface area (Å²) in [5.41, 5.74) is 5.96. The summed E-state index contributed by atoms with van der Waals surface area (Å²) in [6, 6.07) is 0. The molecule has 11 heavy (non-hydrogen) atoms. The second-order valence-electron chi connectivity index (χ2n) is 2.79. The van der Waals surface area contributed by atoms with Crippen molar-refractivity contribution in [2.45, 2.75) is 12.5 Å². The molecule has 0 fully saturated rings. The quantitative estimate of drug-likeness (QED) is 0.564. The van der Waals surface area contributed by atoms with Gasteiger partial charge in [0.2, 0.25) is 0 Å². The Morgan fingerprint density at radius 1 is 1.64 bits per heavy atom. The molecular weight excluding hydrogens is 140 g/mol. The van der Waals surface area contributed by atoms with E-state index in [0.29, 0.717) is 5.71 Å². The predicted octanol–water partition coefficient (Wildman–Crippen LogP) is 0.221. The molecule has 3 heteroatoms. The largest absolute Gasteiger partial charge is 0.390 e. The van der Waals surface area contributed by atoms with E-state index in [1.54, 1.807) is 18.4 Å². The number of hydrogen-bond donors (Lipinski definition) is 2. The van der Waals surface area contributed by atoms with Crippen molar-refractivity contribution in [3.05, 3.63) is 24.4 Å². The number of hydrogen-bond acceptors (Lipinski definition) is 3. The maximum Gasteiger partial charge on any atom is 0.0852 e. The average molecular weight is 152 g/mol. The highest BCUT2D eigenvalue weighted by atomic mass is 16.3. The number of aliphatic imine (C=N–C) groups is 1. The van der Waals surface area contributed by atoms with E-state index in [9.17, 15) is 0 Å². The molecule has 0 aromatic rings. The molecule has 0 saturated heterocycles. The zero-order valence-corrected chi connectivity index (χ0v) is 6.49. The highest BCUT2D eigenvalue weighted by Gasteiger charge is 2.10. The monoisotopic (exact) mass is 152 g/mol. The number of aliphatic hydroxyl groups is 1. The summed E-state index contributed by atoms with van der Waals surface area (Å²) in [6.07, 6.45) is 6.95. The van der Waals surface area contributed by atoms with Gasteiger partial charge < -0.3 is 10.8 Å². The van der Waals surface area contributed by atoms with Gasteiger partial charge in [-0.05, 0) is 19.1 Å². The van der Waals surface area contributed by atoms with Crippen LogP contribution in [0, 0.1) is 0 Å². The fourth-order valence-electron chi connectivity index (χ4n) is 0.761. The Morgan fingerprint density at radius 3 is 3.00 bits per heavy atom. The molecule has 0 aliphatic carbocycles. The SMILES string of the molecule is CC1(N)C=CN=C(CO)C=C1. The second-order valence-corrected chi connectivity index (χ2v) is 2.79. The maximum atomic E-state index is 8.73. The zero-order chi connectivity index (χ0) is 8.32. The summed E-state index contributed by atoms with van der Waals surface area (Å²) in [5, 5.41) is 8.73. The Kier molecular flexibility index (Phi) is 2.22. The molecule has 0 spiro atoms. The van der Waals surface area contributed by atoms with E-state index in [1.165, 1.54) is 0 Å². The molecule has 1 aliphatic heterocycles. The molecule has 3 nitrogen and oxygen atoms in total. The van der Waals surface area contributed by atoms with Gasteiger partial charge in [-0.3, -0.25) is 4.99 Å². The van der Waals surface area contributed by atoms with Gasteiger partial charge in [-0.1, -0.05) is 6.08 Å². The summed E-state index contributed by atoms with van der Waals surface area (Å²) in [5.74, 6) is 0. The Morgan fingerprint density at radius 2 is 2.36 bits per heavy atom. The lowest BCUT2D eigenvalue weighted by Gasteiger charge is -2.12. The van der Waals surface area contributed by atoms with Crippen molar-refractivity contribution in [1.29, 1.82) is 0 Å². The number of nitrogens with zero attached hydrogens (tertiary/aromatic N) is 1. The van der Waals surface area contributed by atoms with Crippen molar-refractivity contribution in [1.82, 2.24) is 0 Å². The van der Waals surface area contributed by atoms with Gasteiger partial charge in [0.25, 0.3) is 0 Å². The molecule has 3 N–H and O–H groups in total. The van der Waals surface area contributed by atoms with E-state index < -0.39 is 5.54 Å². The van der Waals surface area contributed by atoms with E-state index in [1.807, 2.05) is 13.0 Å². The van der Waals surface area contributed by atoms with Crippen LogP contribution in [0.1, 0.15) is 6.92 Å². The fourth-order valence-corrected chi connectivity index (χ4v) is 0.761. The van der Waals surface area contributed by atoms with Crippen molar-refractivity contribution in [2.24, 2.45) is 10.7 Å². The Bertz CT molecular complexity index is 226. The van der Waals surface area contributed by atoms with Crippen LogP contribution < -0.4 is 5.73 Å². The first-order chi connectivity index (χ1) is 5.14. The van der Waals surface area contributed by atoms with Crippen LogP contribution in [-0.2, 0) is 0 Å².